The van der Waals surface area contributed by atoms with E-state index in [1.54, 1.807) is 12.1 Å². The minimum atomic E-state index is -4.77. The van der Waals surface area contributed by atoms with Crippen LogP contribution in [-0.4, -0.2) is 30.0 Å². The third kappa shape index (κ3) is 6.47. The molecule has 2 aromatic rings. The van der Waals surface area contributed by atoms with E-state index in [1.807, 2.05) is 19.1 Å². The molecule has 1 N–H and O–H groups in total. The number of para-hydroxylation sites is 1. The number of nitrogens with zero attached hydrogens (tertiary/aromatic N) is 1. The van der Waals surface area contributed by atoms with Gasteiger partial charge in [0, 0.05) is 6.07 Å². The summed E-state index contributed by atoms with van der Waals surface area (Å²) in [4.78, 5) is 33.5. The number of hydrogen-bond donors (Lipinski definition) is 1. The highest BCUT2D eigenvalue weighted by molar-refractivity contribution is 5.94. The van der Waals surface area contributed by atoms with Crippen LogP contribution < -0.4 is 10.1 Å². The third-order valence-corrected chi connectivity index (χ3v) is 3.82. The van der Waals surface area contributed by atoms with E-state index in [1.165, 1.54) is 0 Å². The number of nitrogens with one attached hydrogen (secondary N) is 1. The minimum absolute atomic E-state index is 0.00961. The summed E-state index contributed by atoms with van der Waals surface area (Å²) in [5, 5.41) is 13.1. The van der Waals surface area contributed by atoms with Crippen LogP contribution in [0.15, 0.2) is 42.5 Å². The van der Waals surface area contributed by atoms with E-state index in [0.29, 0.717) is 17.9 Å². The molecule has 0 radical (unpaired) electrons. The summed E-state index contributed by atoms with van der Waals surface area (Å²) in [6.45, 7) is 1.08. The number of aryl methyl sites for hydroxylation is 1. The van der Waals surface area contributed by atoms with Crippen LogP contribution in [0.4, 0.5) is 24.5 Å². The second kappa shape index (κ2) is 9.72. The zero-order chi connectivity index (χ0) is 22.3. The highest BCUT2D eigenvalue weighted by Gasteiger charge is 2.33. The molecule has 0 bridgehead atoms. The molecule has 0 saturated carbocycles. The first-order valence-corrected chi connectivity index (χ1v) is 8.57. The highest BCUT2D eigenvalue weighted by atomic mass is 19.4. The first kappa shape index (κ1) is 22.7. The number of hydrogen-bond acceptors (Lipinski definition) is 6. The van der Waals surface area contributed by atoms with Gasteiger partial charge in [0.1, 0.15) is 11.4 Å². The van der Waals surface area contributed by atoms with E-state index >= 15 is 0 Å². The van der Waals surface area contributed by atoms with E-state index in [0.717, 1.165) is 11.6 Å². The molecule has 8 nitrogen and oxygen atoms in total. The zero-order valence-corrected chi connectivity index (χ0v) is 15.7. The fourth-order valence-electron chi connectivity index (χ4n) is 2.33. The van der Waals surface area contributed by atoms with Crippen LogP contribution >= 0.6 is 0 Å². The number of nitro groups is 1. The Balaban J connectivity index is 1.86. The van der Waals surface area contributed by atoms with Crippen molar-refractivity contribution in [2.75, 3.05) is 18.5 Å². The number of benzene rings is 2. The molecule has 30 heavy (non-hydrogen) atoms. The van der Waals surface area contributed by atoms with Crippen molar-refractivity contribution in [2.45, 2.75) is 19.5 Å². The maximum atomic E-state index is 12.7. The van der Waals surface area contributed by atoms with Gasteiger partial charge in [-0.15, -0.1) is 0 Å². The standard InChI is InChI=1S/C19H17F3N2O6/c1-12-4-2-3-5-16(12)29-9-8-18(26)30-11-17(25)23-14-7-6-13(19(20,21)22)10-15(14)24(27)28/h2-7,10H,8-9,11H2,1H3,(H,23,25). The lowest BCUT2D eigenvalue weighted by Crippen LogP contribution is -2.22. The number of nitro benzene ring substituents is 1. The molecule has 0 aliphatic heterocycles. The van der Waals surface area contributed by atoms with Crippen LogP contribution in [0.2, 0.25) is 0 Å². The molecule has 0 fully saturated rings. The molecule has 0 saturated heterocycles. The van der Waals surface area contributed by atoms with Gasteiger partial charge in [-0.1, -0.05) is 18.2 Å². The van der Waals surface area contributed by atoms with Crippen molar-refractivity contribution in [1.82, 2.24) is 0 Å². The number of ether oxygens (including phenoxy) is 2. The van der Waals surface area contributed by atoms with Gasteiger partial charge in [-0.2, -0.15) is 13.2 Å². The van der Waals surface area contributed by atoms with Gasteiger partial charge in [-0.25, -0.2) is 0 Å². The predicted molar refractivity (Wildman–Crippen MR) is 99.0 cm³/mol. The van der Waals surface area contributed by atoms with E-state index in [2.05, 4.69) is 5.32 Å². The van der Waals surface area contributed by atoms with E-state index in [9.17, 15) is 32.9 Å². The van der Waals surface area contributed by atoms with Crippen molar-refractivity contribution < 1.29 is 37.2 Å². The van der Waals surface area contributed by atoms with Gasteiger partial charge in [-0.05, 0) is 30.7 Å². The third-order valence-electron chi connectivity index (χ3n) is 3.82. The quantitative estimate of drug-likeness (QED) is 0.390. The lowest BCUT2D eigenvalue weighted by atomic mass is 10.1. The average molecular weight is 426 g/mol. The van der Waals surface area contributed by atoms with Crippen molar-refractivity contribution in [2.24, 2.45) is 0 Å². The fraction of sp³-hybridized carbons (Fsp3) is 0.263. The fourth-order valence-corrected chi connectivity index (χ4v) is 2.33. The number of alkyl halides is 3. The Hall–Kier alpha value is -3.63. The SMILES string of the molecule is Cc1ccccc1OCCC(=O)OCC(=O)Nc1ccc(C(F)(F)F)cc1[N+](=O)[O-]. The number of amides is 1. The van der Waals surface area contributed by atoms with Gasteiger partial charge < -0.3 is 14.8 Å². The van der Waals surface area contributed by atoms with Crippen LogP contribution in [0.25, 0.3) is 0 Å². The number of rotatable bonds is 8. The van der Waals surface area contributed by atoms with Crippen molar-refractivity contribution >= 4 is 23.3 Å². The van der Waals surface area contributed by atoms with Gasteiger partial charge in [0.15, 0.2) is 6.61 Å². The number of carbonyl (C=O) groups excluding carboxylic acids is 2. The zero-order valence-electron chi connectivity index (χ0n) is 15.7. The summed E-state index contributed by atoms with van der Waals surface area (Å²) in [6, 6.07) is 8.82. The molecular formula is C19H17F3N2O6. The van der Waals surface area contributed by atoms with E-state index in [4.69, 9.17) is 9.47 Å². The summed E-state index contributed by atoms with van der Waals surface area (Å²) in [7, 11) is 0. The summed E-state index contributed by atoms with van der Waals surface area (Å²) in [6.07, 6.45) is -4.93. The summed E-state index contributed by atoms with van der Waals surface area (Å²) >= 11 is 0. The van der Waals surface area contributed by atoms with Crippen molar-refractivity contribution in [1.29, 1.82) is 0 Å². The Morgan fingerprint density at radius 3 is 2.50 bits per heavy atom. The van der Waals surface area contributed by atoms with Gasteiger partial charge >= 0.3 is 12.1 Å². The Kier molecular flexibility index (Phi) is 7.34. The molecule has 0 spiro atoms. The summed E-state index contributed by atoms with van der Waals surface area (Å²) < 4.78 is 48.2. The largest absolute Gasteiger partial charge is 0.493 e. The molecule has 0 unspecified atom stereocenters. The lowest BCUT2D eigenvalue weighted by Gasteiger charge is -2.10. The molecule has 0 aromatic heterocycles. The van der Waals surface area contributed by atoms with Crippen molar-refractivity contribution in [3.8, 4) is 5.75 Å². The Bertz CT molecular complexity index is 946. The van der Waals surface area contributed by atoms with Gasteiger partial charge in [0.2, 0.25) is 0 Å². The topological polar surface area (TPSA) is 108 Å². The number of halogens is 3. The Morgan fingerprint density at radius 1 is 1.17 bits per heavy atom. The van der Waals surface area contributed by atoms with Gasteiger partial charge in [0.05, 0.1) is 23.5 Å². The lowest BCUT2D eigenvalue weighted by molar-refractivity contribution is -0.384. The van der Waals surface area contributed by atoms with Crippen LogP contribution in [0.3, 0.4) is 0 Å². The monoisotopic (exact) mass is 426 g/mol. The second-order valence-corrected chi connectivity index (χ2v) is 6.06. The molecule has 2 rings (SSSR count). The first-order chi connectivity index (χ1) is 14.1. The first-order valence-electron chi connectivity index (χ1n) is 8.57. The Morgan fingerprint density at radius 2 is 1.87 bits per heavy atom. The summed E-state index contributed by atoms with van der Waals surface area (Å²) in [5.74, 6) is -1.09. The number of carbonyl (C=O) groups is 2. The van der Waals surface area contributed by atoms with Crippen LogP contribution in [0.5, 0.6) is 5.75 Å². The molecular weight excluding hydrogens is 409 g/mol. The van der Waals surface area contributed by atoms with Gasteiger partial charge in [-0.3, -0.25) is 19.7 Å². The van der Waals surface area contributed by atoms with Crippen LogP contribution in [-0.2, 0) is 20.5 Å². The minimum Gasteiger partial charge on any atom is -0.493 e. The Labute approximate surface area is 168 Å². The molecule has 2 aromatic carbocycles. The predicted octanol–water partition coefficient (Wildman–Crippen LogP) is 3.87. The molecule has 0 atom stereocenters. The van der Waals surface area contributed by atoms with Crippen LogP contribution in [0.1, 0.15) is 17.5 Å². The van der Waals surface area contributed by atoms with Crippen LogP contribution in [0, 0.1) is 17.0 Å². The number of esters is 1. The molecule has 1 amide bonds. The maximum absolute atomic E-state index is 12.7. The maximum Gasteiger partial charge on any atom is 0.416 e. The van der Waals surface area contributed by atoms with E-state index < -0.39 is 46.5 Å². The second-order valence-electron chi connectivity index (χ2n) is 6.06. The van der Waals surface area contributed by atoms with Gasteiger partial charge in [0.25, 0.3) is 11.6 Å². The summed E-state index contributed by atoms with van der Waals surface area (Å²) in [5.41, 5.74) is -1.73. The molecule has 11 heteroatoms. The number of anilines is 1. The molecule has 0 aliphatic carbocycles. The van der Waals surface area contributed by atoms with Crippen molar-refractivity contribution in [3.05, 3.63) is 63.7 Å². The molecule has 0 heterocycles. The van der Waals surface area contributed by atoms with E-state index in [-0.39, 0.29) is 13.0 Å². The highest BCUT2D eigenvalue weighted by Crippen LogP contribution is 2.34. The smallest absolute Gasteiger partial charge is 0.416 e. The molecule has 160 valence electrons. The molecule has 0 aliphatic rings. The normalized spacial score (nSPS) is 10.9. The average Bonchev–Trinajstić information content (AvgIpc) is 2.67. The van der Waals surface area contributed by atoms with Crippen molar-refractivity contribution in [3.63, 3.8) is 0 Å².